The van der Waals surface area contributed by atoms with E-state index in [1.165, 1.54) is 5.56 Å². The van der Waals surface area contributed by atoms with E-state index in [0.29, 0.717) is 5.56 Å². The summed E-state index contributed by atoms with van der Waals surface area (Å²) in [5, 5.41) is 12.0. The molecule has 78 valence electrons. The third-order valence-corrected chi connectivity index (χ3v) is 2.32. The largest absolute Gasteiger partial charge is 0.356 e. The van der Waals surface area contributed by atoms with Crippen LogP contribution in [0, 0.1) is 18.3 Å². The Kier molecular flexibility index (Phi) is 2.88. The molecule has 0 atom stereocenters. The van der Waals surface area contributed by atoms with Gasteiger partial charge in [-0.25, -0.2) is 0 Å². The normalized spacial score (nSPS) is 9.50. The summed E-state index contributed by atoms with van der Waals surface area (Å²) in [5.41, 5.74) is 3.95. The summed E-state index contributed by atoms with van der Waals surface area (Å²) in [5.74, 6) is 0. The highest BCUT2D eigenvalue weighted by molar-refractivity contribution is 5.60. The van der Waals surface area contributed by atoms with E-state index in [-0.39, 0.29) is 0 Å². The van der Waals surface area contributed by atoms with Crippen molar-refractivity contribution in [3.63, 3.8) is 0 Å². The van der Waals surface area contributed by atoms with Crippen molar-refractivity contribution in [2.24, 2.45) is 0 Å². The second-order valence-corrected chi connectivity index (χ2v) is 3.68. The number of benzene rings is 2. The Morgan fingerprint density at radius 2 is 1.75 bits per heavy atom. The van der Waals surface area contributed by atoms with E-state index in [2.05, 4.69) is 30.4 Å². The zero-order chi connectivity index (χ0) is 11.4. The van der Waals surface area contributed by atoms with Gasteiger partial charge >= 0.3 is 0 Å². The van der Waals surface area contributed by atoms with E-state index in [1.54, 1.807) is 12.1 Å². The number of hydrogen-bond acceptors (Lipinski definition) is 2. The smallest absolute Gasteiger partial charge is 0.0991 e. The molecular formula is C14H12N2. The summed E-state index contributed by atoms with van der Waals surface area (Å²) in [4.78, 5) is 0. The minimum Gasteiger partial charge on any atom is -0.356 e. The molecule has 0 aromatic heterocycles. The molecule has 2 rings (SSSR count). The van der Waals surface area contributed by atoms with Crippen molar-refractivity contribution in [3.8, 4) is 6.07 Å². The summed E-state index contributed by atoms with van der Waals surface area (Å²) < 4.78 is 0. The van der Waals surface area contributed by atoms with Crippen LogP contribution in [0.25, 0.3) is 0 Å². The van der Waals surface area contributed by atoms with Gasteiger partial charge in [-0.1, -0.05) is 12.1 Å². The first-order valence-corrected chi connectivity index (χ1v) is 5.12. The molecule has 0 aliphatic heterocycles. The number of anilines is 2. The van der Waals surface area contributed by atoms with E-state index in [4.69, 9.17) is 5.26 Å². The van der Waals surface area contributed by atoms with Crippen molar-refractivity contribution in [2.45, 2.75) is 6.92 Å². The van der Waals surface area contributed by atoms with Gasteiger partial charge in [0.05, 0.1) is 11.6 Å². The molecule has 2 nitrogen and oxygen atoms in total. The Hall–Kier alpha value is -2.27. The Morgan fingerprint density at radius 1 is 1.00 bits per heavy atom. The number of nitrogens with zero attached hydrogens (tertiary/aromatic N) is 1. The molecule has 0 fully saturated rings. The van der Waals surface area contributed by atoms with Gasteiger partial charge in [0.2, 0.25) is 0 Å². The molecule has 0 unspecified atom stereocenters. The van der Waals surface area contributed by atoms with Gasteiger partial charge in [-0.15, -0.1) is 0 Å². The van der Waals surface area contributed by atoms with E-state index in [1.807, 2.05) is 24.3 Å². The maximum absolute atomic E-state index is 8.68. The minimum atomic E-state index is 0.676. The molecule has 0 heterocycles. The zero-order valence-electron chi connectivity index (χ0n) is 9.07. The summed E-state index contributed by atoms with van der Waals surface area (Å²) in [6, 6.07) is 17.7. The van der Waals surface area contributed by atoms with E-state index >= 15 is 0 Å². The summed E-state index contributed by atoms with van der Waals surface area (Å²) in [7, 11) is 0. The van der Waals surface area contributed by atoms with Gasteiger partial charge in [-0.2, -0.15) is 5.26 Å². The third-order valence-electron chi connectivity index (χ3n) is 2.32. The molecule has 0 bridgehead atoms. The molecule has 2 aromatic rings. The van der Waals surface area contributed by atoms with E-state index < -0.39 is 0 Å². The van der Waals surface area contributed by atoms with Crippen LogP contribution in [0.5, 0.6) is 0 Å². The molecule has 0 saturated heterocycles. The third kappa shape index (κ3) is 2.40. The second kappa shape index (κ2) is 4.50. The predicted molar refractivity (Wildman–Crippen MR) is 65.6 cm³/mol. The molecule has 0 aliphatic carbocycles. The molecule has 0 spiro atoms. The van der Waals surface area contributed by atoms with Crippen LogP contribution < -0.4 is 5.32 Å². The number of nitriles is 1. The highest BCUT2D eigenvalue weighted by Crippen LogP contribution is 2.17. The first kappa shape index (κ1) is 10.3. The average Bonchev–Trinajstić information content (AvgIpc) is 2.30. The van der Waals surface area contributed by atoms with Crippen LogP contribution in [0.1, 0.15) is 11.1 Å². The monoisotopic (exact) mass is 208 g/mol. The van der Waals surface area contributed by atoms with Crippen molar-refractivity contribution < 1.29 is 0 Å². The molecule has 2 heteroatoms. The maximum atomic E-state index is 8.68. The fourth-order valence-corrected chi connectivity index (χ4v) is 1.52. The minimum absolute atomic E-state index is 0.676. The van der Waals surface area contributed by atoms with Crippen molar-refractivity contribution in [1.82, 2.24) is 0 Å². The molecule has 0 radical (unpaired) electrons. The Morgan fingerprint density at radius 3 is 2.38 bits per heavy atom. The van der Waals surface area contributed by atoms with Crippen LogP contribution in [0.3, 0.4) is 0 Å². The summed E-state index contributed by atoms with van der Waals surface area (Å²) in [6.45, 7) is 2.06. The van der Waals surface area contributed by atoms with E-state index in [0.717, 1.165) is 11.4 Å². The maximum Gasteiger partial charge on any atom is 0.0991 e. The molecular weight excluding hydrogens is 196 g/mol. The van der Waals surface area contributed by atoms with Gasteiger partial charge < -0.3 is 5.32 Å². The van der Waals surface area contributed by atoms with Gasteiger partial charge in [0.25, 0.3) is 0 Å². The highest BCUT2D eigenvalue weighted by atomic mass is 14.9. The van der Waals surface area contributed by atoms with E-state index in [9.17, 15) is 0 Å². The molecule has 1 N–H and O–H groups in total. The number of hydrogen-bond donors (Lipinski definition) is 1. The first-order valence-electron chi connectivity index (χ1n) is 5.12. The fraction of sp³-hybridized carbons (Fsp3) is 0.0714. The lowest BCUT2D eigenvalue weighted by Crippen LogP contribution is -1.90. The van der Waals surface area contributed by atoms with Gasteiger partial charge in [0, 0.05) is 11.4 Å². The second-order valence-electron chi connectivity index (χ2n) is 3.68. The standard InChI is InChI=1S/C14H12N2/c1-11-3-2-4-14(9-11)16-13-7-5-12(10-15)6-8-13/h2-9,16H,1H3. The predicted octanol–water partition coefficient (Wildman–Crippen LogP) is 3.61. The van der Waals surface area contributed by atoms with Crippen LogP contribution in [0.15, 0.2) is 48.5 Å². The average molecular weight is 208 g/mol. The quantitative estimate of drug-likeness (QED) is 0.818. The number of rotatable bonds is 2. The van der Waals surface area contributed by atoms with Gasteiger partial charge in [-0.3, -0.25) is 0 Å². The Labute approximate surface area is 95.2 Å². The zero-order valence-corrected chi connectivity index (χ0v) is 9.07. The molecule has 0 aliphatic rings. The fourth-order valence-electron chi connectivity index (χ4n) is 1.52. The topological polar surface area (TPSA) is 35.8 Å². The number of nitrogens with one attached hydrogen (secondary N) is 1. The molecule has 16 heavy (non-hydrogen) atoms. The lowest BCUT2D eigenvalue weighted by Gasteiger charge is -2.06. The van der Waals surface area contributed by atoms with Crippen LogP contribution in [0.2, 0.25) is 0 Å². The van der Waals surface area contributed by atoms with Gasteiger partial charge in [0.15, 0.2) is 0 Å². The Balaban J connectivity index is 2.18. The van der Waals surface area contributed by atoms with Gasteiger partial charge in [-0.05, 0) is 48.9 Å². The lowest BCUT2D eigenvalue weighted by molar-refractivity contribution is 1.44. The number of aryl methyl sites for hydroxylation is 1. The van der Waals surface area contributed by atoms with Crippen LogP contribution in [-0.4, -0.2) is 0 Å². The van der Waals surface area contributed by atoms with Crippen molar-refractivity contribution in [3.05, 3.63) is 59.7 Å². The first-order chi connectivity index (χ1) is 7.78. The summed E-state index contributed by atoms with van der Waals surface area (Å²) >= 11 is 0. The Bertz CT molecular complexity index is 521. The highest BCUT2D eigenvalue weighted by Gasteiger charge is 1.95. The van der Waals surface area contributed by atoms with Gasteiger partial charge in [0.1, 0.15) is 0 Å². The molecule has 2 aromatic carbocycles. The van der Waals surface area contributed by atoms with Crippen molar-refractivity contribution >= 4 is 11.4 Å². The lowest BCUT2D eigenvalue weighted by atomic mass is 10.2. The van der Waals surface area contributed by atoms with Crippen molar-refractivity contribution in [2.75, 3.05) is 5.32 Å². The SMILES string of the molecule is Cc1cccc(Nc2ccc(C#N)cc2)c1. The van der Waals surface area contributed by atoms with Crippen LogP contribution >= 0.6 is 0 Å². The van der Waals surface area contributed by atoms with Crippen LogP contribution in [-0.2, 0) is 0 Å². The molecule has 0 amide bonds. The molecule has 0 saturated carbocycles. The van der Waals surface area contributed by atoms with Crippen molar-refractivity contribution in [1.29, 1.82) is 5.26 Å². The van der Waals surface area contributed by atoms with Crippen LogP contribution in [0.4, 0.5) is 11.4 Å². The summed E-state index contributed by atoms with van der Waals surface area (Å²) in [6.07, 6.45) is 0.